The summed E-state index contributed by atoms with van der Waals surface area (Å²) in [7, 11) is 1.61. The molecule has 1 rings (SSSR count). The maximum Gasteiger partial charge on any atom is 0.261 e. The summed E-state index contributed by atoms with van der Waals surface area (Å²) in [6.07, 6.45) is 1.65. The van der Waals surface area contributed by atoms with E-state index in [1.807, 2.05) is 13.8 Å². The van der Waals surface area contributed by atoms with Gasteiger partial charge in [0, 0.05) is 22.3 Å². The maximum atomic E-state index is 12.5. The average molecular weight is 332 g/mol. The number of rotatable bonds is 5. The van der Waals surface area contributed by atoms with Crippen molar-refractivity contribution in [2.45, 2.75) is 58.4 Å². The van der Waals surface area contributed by atoms with Crippen molar-refractivity contribution in [3.8, 4) is 0 Å². The fourth-order valence-corrected chi connectivity index (χ4v) is 4.27. The molecule has 0 unspecified atom stereocenters. The van der Waals surface area contributed by atoms with Crippen molar-refractivity contribution in [1.29, 1.82) is 0 Å². The van der Waals surface area contributed by atoms with E-state index in [-0.39, 0.29) is 16.8 Å². The third-order valence-electron chi connectivity index (χ3n) is 3.69. The van der Waals surface area contributed by atoms with E-state index in [1.165, 1.54) is 0 Å². The number of aryl methyl sites for hydroxylation is 2. The Labute approximate surface area is 131 Å². The molecule has 4 nitrogen and oxygen atoms in total. The van der Waals surface area contributed by atoms with E-state index in [9.17, 15) is 13.2 Å². The Hall–Kier alpha value is -1.07. The number of hydrogen-bond acceptors (Lipinski definition) is 3. The Bertz CT molecular complexity index is 649. The first kappa shape index (κ1) is 18.0. The lowest BCUT2D eigenvalue weighted by Gasteiger charge is -2.19. The molecule has 0 radical (unpaired) electrons. The standard InChI is InChI=1S/C15H22ClNO3S/c1-6-12(7-2)17-15(18)13-9(3)8-10(4)14(11(13)5)21(16,19)20/h8,12H,6-7H2,1-5H3,(H,17,18). The molecule has 1 amide bonds. The van der Waals surface area contributed by atoms with E-state index in [1.54, 1.807) is 26.8 Å². The minimum Gasteiger partial charge on any atom is -0.349 e. The van der Waals surface area contributed by atoms with E-state index in [0.29, 0.717) is 16.7 Å². The number of amides is 1. The molecule has 1 N–H and O–H groups in total. The van der Waals surface area contributed by atoms with Crippen molar-refractivity contribution in [3.05, 3.63) is 28.3 Å². The van der Waals surface area contributed by atoms with Gasteiger partial charge in [0.15, 0.2) is 0 Å². The molecule has 21 heavy (non-hydrogen) atoms. The summed E-state index contributed by atoms with van der Waals surface area (Å²) in [5.74, 6) is -0.250. The van der Waals surface area contributed by atoms with Gasteiger partial charge >= 0.3 is 0 Å². The molecular formula is C15H22ClNO3S. The number of hydrogen-bond donors (Lipinski definition) is 1. The zero-order valence-corrected chi connectivity index (χ0v) is 14.7. The molecule has 0 aliphatic rings. The molecule has 0 aliphatic carbocycles. The van der Waals surface area contributed by atoms with Gasteiger partial charge in [-0.2, -0.15) is 0 Å². The van der Waals surface area contributed by atoms with Crippen LogP contribution in [0.3, 0.4) is 0 Å². The van der Waals surface area contributed by atoms with Crippen LogP contribution >= 0.6 is 10.7 Å². The second kappa shape index (κ2) is 6.79. The van der Waals surface area contributed by atoms with E-state index in [2.05, 4.69) is 5.32 Å². The summed E-state index contributed by atoms with van der Waals surface area (Å²) >= 11 is 0. The van der Waals surface area contributed by atoms with Crippen molar-refractivity contribution in [2.24, 2.45) is 0 Å². The van der Waals surface area contributed by atoms with Crippen LogP contribution in [0.1, 0.15) is 53.7 Å². The average Bonchev–Trinajstić information content (AvgIpc) is 2.33. The van der Waals surface area contributed by atoms with Gasteiger partial charge < -0.3 is 5.32 Å². The molecule has 0 fully saturated rings. The van der Waals surface area contributed by atoms with E-state index < -0.39 is 9.05 Å². The van der Waals surface area contributed by atoms with Crippen LogP contribution in [0.2, 0.25) is 0 Å². The lowest BCUT2D eigenvalue weighted by atomic mass is 9.98. The molecule has 1 aromatic rings. The van der Waals surface area contributed by atoms with Crippen molar-refractivity contribution in [3.63, 3.8) is 0 Å². The number of carbonyl (C=O) groups excluding carboxylic acids is 1. The van der Waals surface area contributed by atoms with Crippen LogP contribution in [-0.2, 0) is 9.05 Å². The van der Waals surface area contributed by atoms with Crippen molar-refractivity contribution in [2.75, 3.05) is 0 Å². The van der Waals surface area contributed by atoms with E-state index in [0.717, 1.165) is 18.4 Å². The Balaban J connectivity index is 3.41. The lowest BCUT2D eigenvalue weighted by Crippen LogP contribution is -2.35. The zero-order chi connectivity index (χ0) is 16.4. The van der Waals surface area contributed by atoms with Crippen molar-refractivity contribution in [1.82, 2.24) is 5.32 Å². The normalized spacial score (nSPS) is 11.8. The lowest BCUT2D eigenvalue weighted by molar-refractivity contribution is 0.0933. The summed E-state index contributed by atoms with van der Waals surface area (Å²) in [6, 6.07) is 1.76. The minimum absolute atomic E-state index is 0.0319. The number of carbonyl (C=O) groups is 1. The van der Waals surface area contributed by atoms with Gasteiger partial charge in [0.25, 0.3) is 15.0 Å². The molecule has 1 aromatic carbocycles. The van der Waals surface area contributed by atoms with Gasteiger partial charge in [-0.05, 0) is 50.3 Å². The molecule has 0 aromatic heterocycles. The van der Waals surface area contributed by atoms with E-state index in [4.69, 9.17) is 10.7 Å². The second-order valence-electron chi connectivity index (χ2n) is 5.26. The molecule has 0 saturated carbocycles. The first-order valence-corrected chi connectivity index (χ1v) is 9.30. The second-order valence-corrected chi connectivity index (χ2v) is 7.77. The maximum absolute atomic E-state index is 12.5. The fourth-order valence-electron chi connectivity index (χ4n) is 2.64. The SMILES string of the molecule is CCC(CC)NC(=O)c1c(C)cc(C)c(S(=O)(=O)Cl)c1C. The molecule has 0 aliphatic heterocycles. The third-order valence-corrected chi connectivity index (χ3v) is 5.27. The highest BCUT2D eigenvalue weighted by Crippen LogP contribution is 2.29. The predicted molar refractivity (Wildman–Crippen MR) is 85.5 cm³/mol. The van der Waals surface area contributed by atoms with Gasteiger partial charge in [0.2, 0.25) is 0 Å². The summed E-state index contributed by atoms with van der Waals surface area (Å²) < 4.78 is 23.5. The predicted octanol–water partition coefficient (Wildman–Crippen LogP) is 3.46. The summed E-state index contributed by atoms with van der Waals surface area (Å²) in [4.78, 5) is 12.5. The molecule has 6 heteroatoms. The van der Waals surface area contributed by atoms with Crippen LogP contribution in [0.5, 0.6) is 0 Å². The van der Waals surface area contributed by atoms with E-state index >= 15 is 0 Å². The Morgan fingerprint density at radius 1 is 1.19 bits per heavy atom. The number of nitrogens with one attached hydrogen (secondary N) is 1. The Morgan fingerprint density at radius 3 is 2.14 bits per heavy atom. The molecule has 0 heterocycles. The van der Waals surface area contributed by atoms with Gasteiger partial charge in [0.1, 0.15) is 0 Å². The summed E-state index contributed by atoms with van der Waals surface area (Å²) in [6.45, 7) is 9.09. The number of halogens is 1. The summed E-state index contributed by atoms with van der Waals surface area (Å²) in [5.41, 5.74) is 2.11. The van der Waals surface area contributed by atoms with Gasteiger partial charge in [0.05, 0.1) is 4.90 Å². The van der Waals surface area contributed by atoms with Crippen molar-refractivity contribution >= 4 is 25.6 Å². The van der Waals surface area contributed by atoms with Crippen LogP contribution in [0.25, 0.3) is 0 Å². The zero-order valence-electron chi connectivity index (χ0n) is 13.1. The Morgan fingerprint density at radius 2 is 1.71 bits per heavy atom. The van der Waals surface area contributed by atoms with Gasteiger partial charge in [-0.3, -0.25) is 4.79 Å². The third kappa shape index (κ3) is 3.98. The fraction of sp³-hybridized carbons (Fsp3) is 0.533. The van der Waals surface area contributed by atoms with Crippen LogP contribution in [0.15, 0.2) is 11.0 Å². The molecule has 118 valence electrons. The van der Waals surface area contributed by atoms with Crippen LogP contribution in [0, 0.1) is 20.8 Å². The first-order chi connectivity index (χ1) is 9.63. The highest BCUT2D eigenvalue weighted by Gasteiger charge is 2.24. The minimum atomic E-state index is -3.88. The molecular weight excluding hydrogens is 310 g/mol. The van der Waals surface area contributed by atoms with Crippen LogP contribution < -0.4 is 5.32 Å². The topological polar surface area (TPSA) is 63.2 Å². The summed E-state index contributed by atoms with van der Waals surface area (Å²) in [5, 5.41) is 2.94. The van der Waals surface area contributed by atoms with Gasteiger partial charge in [-0.1, -0.05) is 19.9 Å². The van der Waals surface area contributed by atoms with Gasteiger partial charge in [-0.15, -0.1) is 0 Å². The highest BCUT2D eigenvalue weighted by atomic mass is 35.7. The van der Waals surface area contributed by atoms with Gasteiger partial charge in [-0.25, -0.2) is 8.42 Å². The smallest absolute Gasteiger partial charge is 0.261 e. The Kier molecular flexibility index (Phi) is 5.82. The monoisotopic (exact) mass is 331 g/mol. The quantitative estimate of drug-likeness (QED) is 0.840. The van der Waals surface area contributed by atoms with Crippen LogP contribution in [-0.4, -0.2) is 20.4 Å². The molecule has 0 spiro atoms. The molecule has 0 bridgehead atoms. The highest BCUT2D eigenvalue weighted by molar-refractivity contribution is 8.13. The van der Waals surface area contributed by atoms with Crippen LogP contribution in [0.4, 0.5) is 0 Å². The number of benzene rings is 1. The van der Waals surface area contributed by atoms with Crippen molar-refractivity contribution < 1.29 is 13.2 Å². The molecule has 0 atom stereocenters. The largest absolute Gasteiger partial charge is 0.349 e. The molecule has 0 saturated heterocycles. The first-order valence-electron chi connectivity index (χ1n) is 6.99.